The van der Waals surface area contributed by atoms with E-state index in [1.54, 1.807) is 24.3 Å². The molecule has 0 aliphatic heterocycles. The summed E-state index contributed by atoms with van der Waals surface area (Å²) in [4.78, 5) is 23.8. The van der Waals surface area contributed by atoms with Crippen LogP contribution in [0.3, 0.4) is 0 Å². The number of nitrogens with zero attached hydrogens (tertiary/aromatic N) is 1. The summed E-state index contributed by atoms with van der Waals surface area (Å²) in [6.45, 7) is -0.280. The van der Waals surface area contributed by atoms with Crippen LogP contribution in [0.25, 0.3) is 11.1 Å². The summed E-state index contributed by atoms with van der Waals surface area (Å²) in [5, 5.41) is 2.62. The number of rotatable bonds is 3. The van der Waals surface area contributed by atoms with Crippen LogP contribution < -0.4 is 11.1 Å². The van der Waals surface area contributed by atoms with Crippen LogP contribution in [0.1, 0.15) is 0 Å². The van der Waals surface area contributed by atoms with Crippen LogP contribution in [-0.2, 0) is 11.3 Å². The maximum atomic E-state index is 13.6. The van der Waals surface area contributed by atoms with Crippen molar-refractivity contribution >= 4 is 34.3 Å². The van der Waals surface area contributed by atoms with Gasteiger partial charge in [-0.05, 0) is 30.3 Å². The maximum Gasteiger partial charge on any atom is 0.420 e. The first-order chi connectivity index (χ1) is 10.5. The molecule has 3 rings (SSSR count). The molecule has 0 spiro atoms. The quantitative estimate of drug-likeness (QED) is 0.806. The average Bonchev–Trinajstić information content (AvgIpc) is 2.78. The second-order valence-corrected chi connectivity index (χ2v) is 5.03. The molecule has 3 aromatic rings. The summed E-state index contributed by atoms with van der Waals surface area (Å²) >= 11 is 5.64. The fourth-order valence-corrected chi connectivity index (χ4v) is 2.25. The first kappa shape index (κ1) is 14.3. The van der Waals surface area contributed by atoms with Crippen LogP contribution in [0.5, 0.6) is 0 Å². The molecule has 2 aromatic carbocycles. The number of anilines is 1. The summed E-state index contributed by atoms with van der Waals surface area (Å²) < 4.78 is 19.8. The Balaban J connectivity index is 1.84. The number of aromatic nitrogens is 1. The van der Waals surface area contributed by atoms with E-state index in [1.165, 1.54) is 16.7 Å². The third-order valence-electron chi connectivity index (χ3n) is 3.08. The van der Waals surface area contributed by atoms with Crippen molar-refractivity contribution in [2.75, 3.05) is 5.32 Å². The molecule has 0 saturated carbocycles. The van der Waals surface area contributed by atoms with Gasteiger partial charge in [0.1, 0.15) is 12.4 Å². The highest BCUT2D eigenvalue weighted by Crippen LogP contribution is 2.19. The SMILES string of the molecule is O=C(Cn1c(=O)oc2ccccc21)Nc1ccc(Cl)cc1F. The number of para-hydroxylation sites is 2. The largest absolute Gasteiger partial charge is 0.420 e. The molecule has 0 radical (unpaired) electrons. The minimum absolute atomic E-state index is 0.00440. The number of hydrogen-bond acceptors (Lipinski definition) is 3. The van der Waals surface area contributed by atoms with Crippen molar-refractivity contribution in [2.45, 2.75) is 6.54 Å². The van der Waals surface area contributed by atoms with Crippen LogP contribution in [0.15, 0.2) is 51.7 Å². The predicted octanol–water partition coefficient (Wildman–Crippen LogP) is 3.03. The molecular formula is C15H10ClFN2O3. The Labute approximate surface area is 128 Å². The molecule has 5 nitrogen and oxygen atoms in total. The van der Waals surface area contributed by atoms with Gasteiger partial charge in [0.15, 0.2) is 5.58 Å². The second kappa shape index (κ2) is 5.65. The standard InChI is InChI=1S/C15H10ClFN2O3/c16-9-5-6-11(10(17)7-9)18-14(20)8-19-12-3-1-2-4-13(12)22-15(19)21/h1-7H,8H2,(H,18,20). The topological polar surface area (TPSA) is 64.2 Å². The van der Waals surface area contributed by atoms with E-state index in [1.807, 2.05) is 0 Å². The molecule has 0 saturated heterocycles. The number of nitrogens with one attached hydrogen (secondary N) is 1. The molecule has 1 aromatic heterocycles. The lowest BCUT2D eigenvalue weighted by atomic mass is 10.3. The minimum Gasteiger partial charge on any atom is -0.408 e. The molecule has 0 atom stereocenters. The number of fused-ring (bicyclic) bond motifs is 1. The molecule has 22 heavy (non-hydrogen) atoms. The smallest absolute Gasteiger partial charge is 0.408 e. The van der Waals surface area contributed by atoms with Crippen LogP contribution in [0.2, 0.25) is 5.02 Å². The Morgan fingerprint density at radius 2 is 2.05 bits per heavy atom. The van der Waals surface area contributed by atoms with Gasteiger partial charge in [0, 0.05) is 5.02 Å². The zero-order valence-corrected chi connectivity index (χ0v) is 11.9. The fourth-order valence-electron chi connectivity index (χ4n) is 2.09. The lowest BCUT2D eigenvalue weighted by molar-refractivity contribution is -0.116. The van der Waals surface area contributed by atoms with E-state index in [9.17, 15) is 14.0 Å². The van der Waals surface area contributed by atoms with Crippen molar-refractivity contribution in [3.05, 3.63) is 63.9 Å². The van der Waals surface area contributed by atoms with E-state index < -0.39 is 17.5 Å². The van der Waals surface area contributed by atoms with Gasteiger partial charge in [0.05, 0.1) is 11.2 Å². The molecule has 1 amide bonds. The molecular weight excluding hydrogens is 311 g/mol. The molecule has 0 bridgehead atoms. The number of carbonyl (C=O) groups excluding carboxylic acids is 1. The van der Waals surface area contributed by atoms with E-state index >= 15 is 0 Å². The molecule has 7 heteroatoms. The molecule has 1 N–H and O–H groups in total. The van der Waals surface area contributed by atoms with Crippen LogP contribution in [0, 0.1) is 5.82 Å². The van der Waals surface area contributed by atoms with Crippen molar-refractivity contribution in [1.82, 2.24) is 4.57 Å². The normalized spacial score (nSPS) is 10.8. The summed E-state index contributed by atoms with van der Waals surface area (Å²) in [6, 6.07) is 10.6. The third-order valence-corrected chi connectivity index (χ3v) is 3.32. The number of halogens is 2. The monoisotopic (exact) mass is 320 g/mol. The number of amides is 1. The Morgan fingerprint density at radius 3 is 2.82 bits per heavy atom. The first-order valence-electron chi connectivity index (χ1n) is 6.38. The molecule has 0 unspecified atom stereocenters. The molecule has 1 heterocycles. The summed E-state index contributed by atoms with van der Waals surface area (Å²) in [5.74, 6) is -1.84. The minimum atomic E-state index is -0.648. The number of oxazole rings is 1. The fraction of sp³-hybridized carbons (Fsp3) is 0.0667. The van der Waals surface area contributed by atoms with Crippen LogP contribution in [-0.4, -0.2) is 10.5 Å². The summed E-state index contributed by atoms with van der Waals surface area (Å²) in [5.41, 5.74) is 0.882. The van der Waals surface area contributed by atoms with Gasteiger partial charge in [-0.25, -0.2) is 9.18 Å². The van der Waals surface area contributed by atoms with Crippen molar-refractivity contribution in [3.63, 3.8) is 0 Å². The van der Waals surface area contributed by atoms with Gasteiger partial charge in [-0.3, -0.25) is 9.36 Å². The third kappa shape index (κ3) is 2.73. The summed E-state index contributed by atoms with van der Waals surface area (Å²) in [7, 11) is 0. The van der Waals surface area contributed by atoms with Gasteiger partial charge < -0.3 is 9.73 Å². The zero-order valence-electron chi connectivity index (χ0n) is 11.2. The van der Waals surface area contributed by atoms with Crippen LogP contribution in [0.4, 0.5) is 10.1 Å². The zero-order chi connectivity index (χ0) is 15.7. The van der Waals surface area contributed by atoms with Gasteiger partial charge in [0.2, 0.25) is 5.91 Å². The van der Waals surface area contributed by atoms with Crippen LogP contribution >= 0.6 is 11.6 Å². The van der Waals surface area contributed by atoms with E-state index in [2.05, 4.69) is 5.32 Å². The number of carbonyl (C=O) groups is 1. The van der Waals surface area contributed by atoms with Crippen molar-refractivity contribution in [2.24, 2.45) is 0 Å². The Morgan fingerprint density at radius 1 is 1.27 bits per heavy atom. The first-order valence-corrected chi connectivity index (χ1v) is 6.75. The lowest BCUT2D eigenvalue weighted by Crippen LogP contribution is -2.25. The van der Waals surface area contributed by atoms with Gasteiger partial charge in [-0.15, -0.1) is 0 Å². The van der Waals surface area contributed by atoms with E-state index in [0.717, 1.165) is 6.07 Å². The molecule has 0 aliphatic rings. The number of hydrogen-bond donors (Lipinski definition) is 1. The Bertz CT molecular complexity index is 917. The van der Waals surface area contributed by atoms with Gasteiger partial charge in [0.25, 0.3) is 0 Å². The number of benzene rings is 2. The Hall–Kier alpha value is -2.60. The van der Waals surface area contributed by atoms with Gasteiger partial charge in [-0.1, -0.05) is 23.7 Å². The van der Waals surface area contributed by atoms with Crippen molar-refractivity contribution < 1.29 is 13.6 Å². The summed E-state index contributed by atoms with van der Waals surface area (Å²) in [6.07, 6.45) is 0. The lowest BCUT2D eigenvalue weighted by Gasteiger charge is -2.07. The van der Waals surface area contributed by atoms with E-state index in [4.69, 9.17) is 16.0 Å². The average molecular weight is 321 g/mol. The molecule has 0 fully saturated rings. The van der Waals surface area contributed by atoms with Crippen molar-refractivity contribution in [1.29, 1.82) is 0 Å². The highest BCUT2D eigenvalue weighted by molar-refractivity contribution is 6.30. The van der Waals surface area contributed by atoms with E-state index in [0.29, 0.717) is 11.1 Å². The Kier molecular flexibility index (Phi) is 3.68. The second-order valence-electron chi connectivity index (χ2n) is 4.59. The van der Waals surface area contributed by atoms with Gasteiger partial charge >= 0.3 is 5.76 Å². The highest BCUT2D eigenvalue weighted by Gasteiger charge is 2.13. The van der Waals surface area contributed by atoms with Gasteiger partial charge in [-0.2, -0.15) is 0 Å². The predicted molar refractivity (Wildman–Crippen MR) is 80.5 cm³/mol. The van der Waals surface area contributed by atoms with Crippen molar-refractivity contribution in [3.8, 4) is 0 Å². The highest BCUT2D eigenvalue weighted by atomic mass is 35.5. The molecule has 0 aliphatic carbocycles. The molecule has 112 valence electrons. The van der Waals surface area contributed by atoms with E-state index in [-0.39, 0.29) is 17.3 Å². The maximum absolute atomic E-state index is 13.6.